The lowest BCUT2D eigenvalue weighted by Crippen LogP contribution is -2.27. The monoisotopic (exact) mass is 346 g/mol. The number of carbonyl (C=O) groups is 1. The van der Waals surface area contributed by atoms with E-state index in [9.17, 15) is 4.79 Å². The highest BCUT2D eigenvalue weighted by Gasteiger charge is 2.14. The third-order valence-electron chi connectivity index (χ3n) is 4.43. The maximum Gasteiger partial charge on any atom is 0.252 e. The molecule has 4 nitrogen and oxygen atoms in total. The molecule has 1 amide bonds. The van der Waals surface area contributed by atoms with Crippen LogP contribution in [0.1, 0.15) is 34.5 Å². The molecule has 1 heterocycles. The number of hydrogen-bond acceptors (Lipinski definition) is 3. The first-order valence-corrected chi connectivity index (χ1v) is 8.54. The number of carbonyl (C=O) groups excluding carboxylic acids is 1. The van der Waals surface area contributed by atoms with Crippen molar-refractivity contribution in [3.8, 4) is 16.9 Å². The van der Waals surface area contributed by atoms with Gasteiger partial charge in [0.25, 0.3) is 5.91 Å². The van der Waals surface area contributed by atoms with Gasteiger partial charge in [0.05, 0.1) is 13.2 Å². The van der Waals surface area contributed by atoms with Gasteiger partial charge >= 0.3 is 0 Å². The van der Waals surface area contributed by atoms with Crippen LogP contribution >= 0.6 is 0 Å². The van der Waals surface area contributed by atoms with Gasteiger partial charge in [-0.25, -0.2) is 0 Å². The van der Waals surface area contributed by atoms with Crippen LogP contribution < -0.4 is 10.1 Å². The van der Waals surface area contributed by atoms with Crippen molar-refractivity contribution >= 4 is 5.91 Å². The summed E-state index contributed by atoms with van der Waals surface area (Å²) in [4.78, 5) is 16.7. The Morgan fingerprint density at radius 1 is 1.04 bits per heavy atom. The van der Waals surface area contributed by atoms with Crippen molar-refractivity contribution in [3.63, 3.8) is 0 Å². The fraction of sp³-hybridized carbons (Fsp3) is 0.182. The van der Waals surface area contributed by atoms with Gasteiger partial charge in [-0.3, -0.25) is 9.78 Å². The first-order chi connectivity index (χ1) is 12.6. The molecule has 132 valence electrons. The molecule has 3 rings (SSSR count). The van der Waals surface area contributed by atoms with Gasteiger partial charge in [-0.1, -0.05) is 24.3 Å². The van der Waals surface area contributed by atoms with E-state index >= 15 is 0 Å². The van der Waals surface area contributed by atoms with Crippen molar-refractivity contribution in [3.05, 3.63) is 83.7 Å². The Balaban J connectivity index is 1.77. The number of nitrogens with zero attached hydrogens (tertiary/aromatic N) is 1. The number of ether oxygens (including phenoxy) is 1. The Labute approximate surface area is 153 Å². The lowest BCUT2D eigenvalue weighted by atomic mass is 9.99. The molecule has 0 aliphatic heterocycles. The topological polar surface area (TPSA) is 51.2 Å². The lowest BCUT2D eigenvalue weighted by molar-refractivity contribution is 0.0939. The number of aryl methyl sites for hydroxylation is 1. The molecular weight excluding hydrogens is 324 g/mol. The zero-order valence-electron chi connectivity index (χ0n) is 15.2. The number of aromatic nitrogens is 1. The van der Waals surface area contributed by atoms with Crippen molar-refractivity contribution in [2.45, 2.75) is 19.9 Å². The van der Waals surface area contributed by atoms with Gasteiger partial charge in [0.2, 0.25) is 0 Å². The molecule has 0 bridgehead atoms. The van der Waals surface area contributed by atoms with Gasteiger partial charge in [0.1, 0.15) is 5.75 Å². The molecule has 0 saturated heterocycles. The molecule has 0 spiro atoms. The van der Waals surface area contributed by atoms with Gasteiger partial charge in [0, 0.05) is 18.0 Å². The summed E-state index contributed by atoms with van der Waals surface area (Å²) in [5.74, 6) is 0.695. The molecule has 1 aromatic heterocycles. The van der Waals surface area contributed by atoms with Crippen LogP contribution in [-0.2, 0) is 0 Å². The molecular formula is C22H22N2O2. The standard InChI is InChI=1S/C22H22N2O2/c1-15-13-19(17-9-11-23-12-10-17)7-8-21(15)22(25)24-16(2)18-5-4-6-20(14-18)26-3/h4-14,16H,1-3H3,(H,24,25)/t16-/m1/s1. The Bertz CT molecular complexity index is 907. The van der Waals surface area contributed by atoms with E-state index in [0.717, 1.165) is 28.0 Å². The summed E-state index contributed by atoms with van der Waals surface area (Å²) in [6.07, 6.45) is 3.53. The summed E-state index contributed by atoms with van der Waals surface area (Å²) in [6, 6.07) is 17.4. The maximum absolute atomic E-state index is 12.7. The van der Waals surface area contributed by atoms with Gasteiger partial charge in [-0.15, -0.1) is 0 Å². The SMILES string of the molecule is COc1cccc([C@@H](C)NC(=O)c2ccc(-c3ccncc3)cc2C)c1. The maximum atomic E-state index is 12.7. The van der Waals surface area contributed by atoms with Crippen molar-refractivity contribution in [2.75, 3.05) is 7.11 Å². The second kappa shape index (κ2) is 7.83. The predicted molar refractivity (Wildman–Crippen MR) is 103 cm³/mol. The van der Waals surface area contributed by atoms with Crippen LogP contribution in [-0.4, -0.2) is 18.0 Å². The molecule has 26 heavy (non-hydrogen) atoms. The number of hydrogen-bond donors (Lipinski definition) is 1. The summed E-state index contributed by atoms with van der Waals surface area (Å²) >= 11 is 0. The smallest absolute Gasteiger partial charge is 0.252 e. The van der Waals surface area contributed by atoms with Crippen LogP contribution in [0.2, 0.25) is 0 Å². The zero-order chi connectivity index (χ0) is 18.5. The van der Waals surface area contributed by atoms with Crippen molar-refractivity contribution in [1.82, 2.24) is 10.3 Å². The normalized spacial score (nSPS) is 11.7. The zero-order valence-corrected chi connectivity index (χ0v) is 15.2. The highest BCUT2D eigenvalue weighted by molar-refractivity contribution is 5.96. The number of rotatable bonds is 5. The number of benzene rings is 2. The molecule has 0 saturated carbocycles. The Morgan fingerprint density at radius 3 is 2.50 bits per heavy atom. The number of methoxy groups -OCH3 is 1. The summed E-state index contributed by atoms with van der Waals surface area (Å²) in [6.45, 7) is 3.92. The molecule has 3 aromatic rings. The van der Waals surface area contributed by atoms with E-state index in [0.29, 0.717) is 5.56 Å². The molecule has 1 atom stereocenters. The minimum absolute atomic E-state index is 0.0842. The first kappa shape index (κ1) is 17.7. The average Bonchev–Trinajstić information content (AvgIpc) is 2.68. The molecule has 0 aliphatic rings. The third kappa shape index (κ3) is 3.91. The van der Waals surface area contributed by atoms with E-state index in [1.165, 1.54) is 0 Å². The van der Waals surface area contributed by atoms with Crippen LogP contribution in [0.3, 0.4) is 0 Å². The van der Waals surface area contributed by atoms with Crippen LogP contribution in [0.4, 0.5) is 0 Å². The molecule has 1 N–H and O–H groups in total. The average molecular weight is 346 g/mol. The van der Waals surface area contributed by atoms with E-state index in [4.69, 9.17) is 4.74 Å². The fourth-order valence-electron chi connectivity index (χ4n) is 2.91. The minimum atomic E-state index is -0.114. The minimum Gasteiger partial charge on any atom is -0.497 e. The summed E-state index contributed by atoms with van der Waals surface area (Å²) in [5, 5.41) is 3.06. The van der Waals surface area contributed by atoms with E-state index in [1.807, 2.05) is 68.4 Å². The molecule has 0 unspecified atom stereocenters. The molecule has 0 aliphatic carbocycles. The lowest BCUT2D eigenvalue weighted by Gasteiger charge is -2.16. The van der Waals surface area contributed by atoms with Gasteiger partial charge in [-0.2, -0.15) is 0 Å². The number of amides is 1. The van der Waals surface area contributed by atoms with Crippen molar-refractivity contribution in [1.29, 1.82) is 0 Å². The molecule has 4 heteroatoms. The summed E-state index contributed by atoms with van der Waals surface area (Å²) in [7, 11) is 1.63. The molecule has 0 radical (unpaired) electrons. The number of nitrogens with one attached hydrogen (secondary N) is 1. The van der Waals surface area contributed by atoms with E-state index in [-0.39, 0.29) is 11.9 Å². The van der Waals surface area contributed by atoms with Gasteiger partial charge in [0.15, 0.2) is 0 Å². The molecule has 0 fully saturated rings. The van der Waals surface area contributed by atoms with Crippen molar-refractivity contribution in [2.24, 2.45) is 0 Å². The van der Waals surface area contributed by atoms with E-state index in [1.54, 1.807) is 19.5 Å². The highest BCUT2D eigenvalue weighted by Crippen LogP contribution is 2.23. The predicted octanol–water partition coefficient (Wildman–Crippen LogP) is 4.56. The summed E-state index contributed by atoms with van der Waals surface area (Å²) in [5.41, 5.74) is 4.78. The summed E-state index contributed by atoms with van der Waals surface area (Å²) < 4.78 is 5.25. The largest absolute Gasteiger partial charge is 0.497 e. The third-order valence-corrected chi connectivity index (χ3v) is 4.43. The van der Waals surface area contributed by atoms with Gasteiger partial charge < -0.3 is 10.1 Å². The highest BCUT2D eigenvalue weighted by atomic mass is 16.5. The molecule has 2 aromatic carbocycles. The van der Waals surface area contributed by atoms with Crippen LogP contribution in [0.15, 0.2) is 67.0 Å². The second-order valence-electron chi connectivity index (χ2n) is 6.24. The van der Waals surface area contributed by atoms with Crippen LogP contribution in [0.5, 0.6) is 5.75 Å². The van der Waals surface area contributed by atoms with Gasteiger partial charge in [-0.05, 0) is 66.4 Å². The Hall–Kier alpha value is -3.14. The fourth-order valence-corrected chi connectivity index (χ4v) is 2.91. The Kier molecular flexibility index (Phi) is 5.32. The van der Waals surface area contributed by atoms with E-state index < -0.39 is 0 Å². The first-order valence-electron chi connectivity index (χ1n) is 8.54. The van der Waals surface area contributed by atoms with Crippen LogP contribution in [0, 0.1) is 6.92 Å². The Morgan fingerprint density at radius 2 is 1.81 bits per heavy atom. The van der Waals surface area contributed by atoms with Crippen molar-refractivity contribution < 1.29 is 9.53 Å². The second-order valence-corrected chi connectivity index (χ2v) is 6.24. The number of pyridine rings is 1. The van der Waals surface area contributed by atoms with Crippen LogP contribution in [0.25, 0.3) is 11.1 Å². The van der Waals surface area contributed by atoms with E-state index in [2.05, 4.69) is 10.3 Å². The quantitative estimate of drug-likeness (QED) is 0.737.